The number of nitrogens with one attached hydrogen (secondary N) is 1. The number of nitrogens with two attached hydrogens (primary N) is 1. The van der Waals surface area contributed by atoms with E-state index >= 15 is 0 Å². The summed E-state index contributed by atoms with van der Waals surface area (Å²) < 4.78 is 0. The van der Waals surface area contributed by atoms with Crippen molar-refractivity contribution in [3.05, 3.63) is 0 Å². The summed E-state index contributed by atoms with van der Waals surface area (Å²) in [7, 11) is 0. The van der Waals surface area contributed by atoms with Gasteiger partial charge in [-0.15, -0.1) is 0 Å². The highest BCUT2D eigenvalue weighted by atomic mass is 16.4. The molecule has 82 valence electrons. The van der Waals surface area contributed by atoms with Crippen molar-refractivity contribution >= 4 is 11.9 Å². The van der Waals surface area contributed by atoms with Gasteiger partial charge in [0, 0.05) is 0 Å². The van der Waals surface area contributed by atoms with E-state index in [-0.39, 0.29) is 6.04 Å². The van der Waals surface area contributed by atoms with Gasteiger partial charge >= 0.3 is 11.9 Å². The lowest BCUT2D eigenvalue weighted by Crippen LogP contribution is -2.29. The molecule has 1 aliphatic heterocycles. The Morgan fingerprint density at radius 1 is 1.50 bits per heavy atom. The zero-order valence-electron chi connectivity index (χ0n) is 8.06. The van der Waals surface area contributed by atoms with Crippen LogP contribution in [-0.2, 0) is 9.59 Å². The predicted molar refractivity (Wildman–Crippen MR) is 49.9 cm³/mol. The number of hydrogen-bond acceptors (Lipinski definition) is 4. The molecule has 1 heterocycles. The van der Waals surface area contributed by atoms with Crippen LogP contribution >= 0.6 is 0 Å². The van der Waals surface area contributed by atoms with Gasteiger partial charge < -0.3 is 21.3 Å². The molecule has 0 saturated carbocycles. The van der Waals surface area contributed by atoms with Crippen molar-refractivity contribution in [1.82, 2.24) is 5.32 Å². The second-order valence-electron chi connectivity index (χ2n) is 3.11. The average Bonchev–Trinajstić information content (AvgIpc) is 2.56. The van der Waals surface area contributed by atoms with E-state index in [1.54, 1.807) is 0 Å². The molecule has 1 saturated heterocycles. The van der Waals surface area contributed by atoms with Gasteiger partial charge in [-0.25, -0.2) is 0 Å². The third-order valence-electron chi connectivity index (χ3n) is 1.75. The summed E-state index contributed by atoms with van der Waals surface area (Å²) in [6.07, 6.45) is 1.78. The van der Waals surface area contributed by atoms with E-state index < -0.39 is 18.0 Å². The largest absolute Gasteiger partial charge is 0.480 e. The molecule has 2 atom stereocenters. The molecule has 5 N–H and O–H groups in total. The van der Waals surface area contributed by atoms with Crippen molar-refractivity contribution in [3.8, 4) is 0 Å². The van der Waals surface area contributed by atoms with E-state index in [0.29, 0.717) is 0 Å². The van der Waals surface area contributed by atoms with Crippen LogP contribution < -0.4 is 11.1 Å². The lowest BCUT2D eigenvalue weighted by atomic mass is 10.2. The quantitative estimate of drug-likeness (QED) is 0.470. The predicted octanol–water partition coefficient (Wildman–Crippen LogP) is -0.759. The molecule has 6 nitrogen and oxygen atoms in total. The fourth-order valence-electron chi connectivity index (χ4n) is 0.895. The van der Waals surface area contributed by atoms with Crippen LogP contribution in [-0.4, -0.2) is 40.8 Å². The number of rotatable bonds is 2. The van der Waals surface area contributed by atoms with Crippen LogP contribution in [0.15, 0.2) is 0 Å². The SMILES string of the molecule is C[C@@H](N)C(=O)O.O=C(O)[C@@H]1CCCN1. The Balaban J connectivity index is 0.000000255. The van der Waals surface area contributed by atoms with Crippen LogP contribution in [0.2, 0.25) is 0 Å². The Morgan fingerprint density at radius 3 is 2.14 bits per heavy atom. The number of carboxylic acids is 2. The van der Waals surface area contributed by atoms with Gasteiger partial charge in [0.2, 0.25) is 0 Å². The van der Waals surface area contributed by atoms with E-state index in [9.17, 15) is 9.59 Å². The van der Waals surface area contributed by atoms with Crippen molar-refractivity contribution in [2.45, 2.75) is 31.8 Å². The first-order valence-electron chi connectivity index (χ1n) is 4.39. The summed E-state index contributed by atoms with van der Waals surface area (Å²) in [5, 5.41) is 19.1. The van der Waals surface area contributed by atoms with Gasteiger partial charge in [-0.1, -0.05) is 0 Å². The van der Waals surface area contributed by atoms with Crippen LogP contribution in [0.4, 0.5) is 0 Å². The second kappa shape index (κ2) is 6.33. The highest BCUT2D eigenvalue weighted by Gasteiger charge is 2.20. The maximum Gasteiger partial charge on any atom is 0.320 e. The highest BCUT2D eigenvalue weighted by molar-refractivity contribution is 5.73. The summed E-state index contributed by atoms with van der Waals surface area (Å²) in [5.41, 5.74) is 4.84. The molecule has 1 aliphatic rings. The molecule has 0 aromatic rings. The van der Waals surface area contributed by atoms with Gasteiger partial charge in [0.15, 0.2) is 0 Å². The smallest absolute Gasteiger partial charge is 0.320 e. The normalized spacial score (nSPS) is 22.0. The molecule has 1 fully saturated rings. The van der Waals surface area contributed by atoms with Gasteiger partial charge in [-0.3, -0.25) is 9.59 Å². The molecular weight excluding hydrogens is 188 g/mol. The highest BCUT2D eigenvalue weighted by Crippen LogP contribution is 2.03. The lowest BCUT2D eigenvalue weighted by Gasteiger charge is -1.99. The summed E-state index contributed by atoms with van der Waals surface area (Å²) in [6.45, 7) is 2.28. The number of hydrogen-bond donors (Lipinski definition) is 4. The monoisotopic (exact) mass is 204 g/mol. The summed E-state index contributed by atoms with van der Waals surface area (Å²) >= 11 is 0. The van der Waals surface area contributed by atoms with Gasteiger partial charge in [0.1, 0.15) is 12.1 Å². The number of carboxylic acid groups (broad SMARTS) is 2. The Hall–Kier alpha value is -1.14. The Bertz CT molecular complexity index is 200. The zero-order chi connectivity index (χ0) is 11.1. The van der Waals surface area contributed by atoms with Crippen LogP contribution in [0.25, 0.3) is 0 Å². The molecule has 0 bridgehead atoms. The molecule has 0 amide bonds. The van der Waals surface area contributed by atoms with Crippen molar-refractivity contribution in [3.63, 3.8) is 0 Å². The first kappa shape index (κ1) is 12.9. The average molecular weight is 204 g/mol. The van der Waals surface area contributed by atoms with Gasteiger partial charge in [-0.2, -0.15) is 0 Å². The minimum absolute atomic E-state index is 0.269. The van der Waals surface area contributed by atoms with E-state index in [1.807, 2.05) is 0 Å². The summed E-state index contributed by atoms with van der Waals surface area (Å²) in [6, 6.07) is -1.00. The number of aliphatic carboxylic acids is 2. The zero-order valence-corrected chi connectivity index (χ0v) is 8.06. The van der Waals surface area contributed by atoms with E-state index in [1.165, 1.54) is 6.92 Å². The Labute approximate surface area is 82.1 Å². The van der Waals surface area contributed by atoms with Crippen LogP contribution in [0.3, 0.4) is 0 Å². The van der Waals surface area contributed by atoms with E-state index in [4.69, 9.17) is 15.9 Å². The minimum atomic E-state index is -0.963. The van der Waals surface area contributed by atoms with Crippen molar-refractivity contribution in [2.24, 2.45) is 5.73 Å². The number of carbonyl (C=O) groups is 2. The lowest BCUT2D eigenvalue weighted by molar-refractivity contribution is -0.139. The van der Waals surface area contributed by atoms with Gasteiger partial charge in [-0.05, 0) is 26.3 Å². The Morgan fingerprint density at radius 2 is 2.00 bits per heavy atom. The van der Waals surface area contributed by atoms with Crippen molar-refractivity contribution in [2.75, 3.05) is 6.54 Å². The van der Waals surface area contributed by atoms with E-state index in [2.05, 4.69) is 5.32 Å². The van der Waals surface area contributed by atoms with Crippen LogP contribution in [0, 0.1) is 0 Å². The third-order valence-corrected chi connectivity index (χ3v) is 1.75. The van der Waals surface area contributed by atoms with Gasteiger partial charge in [0.25, 0.3) is 0 Å². The minimum Gasteiger partial charge on any atom is -0.480 e. The fraction of sp³-hybridized carbons (Fsp3) is 0.750. The van der Waals surface area contributed by atoms with Crippen molar-refractivity contribution < 1.29 is 19.8 Å². The molecule has 0 aromatic carbocycles. The van der Waals surface area contributed by atoms with Crippen LogP contribution in [0.5, 0.6) is 0 Å². The van der Waals surface area contributed by atoms with E-state index in [0.717, 1.165) is 19.4 Å². The summed E-state index contributed by atoms with van der Waals surface area (Å²) in [4.78, 5) is 19.7. The van der Waals surface area contributed by atoms with Gasteiger partial charge in [0.05, 0.1) is 0 Å². The Kier molecular flexibility index (Phi) is 5.82. The molecule has 14 heavy (non-hydrogen) atoms. The molecule has 0 unspecified atom stereocenters. The first-order chi connectivity index (χ1) is 6.45. The molecule has 0 radical (unpaired) electrons. The summed E-state index contributed by atoms with van der Waals surface area (Å²) in [5.74, 6) is -1.68. The fourth-order valence-corrected chi connectivity index (χ4v) is 0.895. The first-order valence-corrected chi connectivity index (χ1v) is 4.39. The molecule has 1 rings (SSSR count). The maximum absolute atomic E-state index is 10.1. The standard InChI is InChI=1S/C5H9NO2.C3H7NO2/c7-5(8)4-2-1-3-6-4;1-2(4)3(5)6/h4,6H,1-3H2,(H,7,8);2H,4H2,1H3,(H,5,6)/t4-;2-/m01/s1. The molecule has 0 aliphatic carbocycles. The topological polar surface area (TPSA) is 113 Å². The molecule has 0 aromatic heterocycles. The third kappa shape index (κ3) is 5.50. The molecule has 6 heteroatoms. The molecule has 0 spiro atoms. The van der Waals surface area contributed by atoms with Crippen LogP contribution in [0.1, 0.15) is 19.8 Å². The van der Waals surface area contributed by atoms with Crippen molar-refractivity contribution in [1.29, 1.82) is 0 Å². The maximum atomic E-state index is 10.1. The second-order valence-corrected chi connectivity index (χ2v) is 3.11. The molecular formula is C8H16N2O4.